The van der Waals surface area contributed by atoms with Gasteiger partial charge in [0, 0.05) is 19.1 Å². The number of amides is 1. The zero-order valence-corrected chi connectivity index (χ0v) is 32.4. The zero-order chi connectivity index (χ0) is 45.7. The van der Waals surface area contributed by atoms with Crippen LogP contribution in [0.5, 0.6) is 5.75 Å². The predicted molar refractivity (Wildman–Crippen MR) is 173 cm³/mol. The summed E-state index contributed by atoms with van der Waals surface area (Å²) < 4.78 is 251. The molecule has 1 amide bonds. The van der Waals surface area contributed by atoms with Gasteiger partial charge in [-0.3, -0.25) is 10.0 Å². The average molecular weight is 900 g/mol. The number of hydrogen-bond donors (Lipinski definition) is 3. The summed E-state index contributed by atoms with van der Waals surface area (Å²) in [6.07, 6.45) is -10.3. The number of allylic oxidation sites excluding steroid dienone is 1. The number of rotatable bonds is 23. The molecule has 0 fully saturated rings. The molecule has 0 heterocycles. The smallest absolute Gasteiger partial charge is 0.460 e. The molecule has 1 aromatic carbocycles. The molecule has 0 saturated heterocycles. The van der Waals surface area contributed by atoms with Crippen LogP contribution in [-0.2, 0) is 14.0 Å². The lowest BCUT2D eigenvalue weighted by Gasteiger charge is -2.44. The first-order chi connectivity index (χ1) is 26.0. The van der Waals surface area contributed by atoms with E-state index in [0.29, 0.717) is 5.56 Å². The van der Waals surface area contributed by atoms with Gasteiger partial charge in [0.15, 0.2) is 8.32 Å². The Morgan fingerprint density at radius 3 is 1.60 bits per heavy atom. The lowest BCUT2D eigenvalue weighted by atomic mass is 9.88. The van der Waals surface area contributed by atoms with Gasteiger partial charge in [-0.15, -0.1) is 0 Å². The van der Waals surface area contributed by atoms with Gasteiger partial charge in [-0.1, -0.05) is 45.9 Å². The number of ether oxygens (including phenoxy) is 2. The van der Waals surface area contributed by atoms with Crippen molar-refractivity contribution in [3.8, 4) is 5.75 Å². The highest BCUT2D eigenvalue weighted by molar-refractivity contribution is 6.76. The fraction of sp³-hybridized carbons (Fsp3) is 0.727. The standard InChI is InChI=1S/C33H42F17NO6Si/c1-18(2)58(19(3)4,57-16-15-56-22-12-10-21(11-13-22)24(52)23(55-6)9-7-8-20(5)25(53)51-54)17-14-26(34,35)27(36,37)28(38,39)29(40,41)30(42,43)31(44,45)32(46,47)33(48,49)50/h8,10-13,18-19,23-24,52,54H,7,9,14-17H2,1-6H3,(H,51,53)/b20-8+/t23-,24-/m1/s1. The molecule has 1 rings (SSSR count). The van der Waals surface area contributed by atoms with E-state index in [4.69, 9.17) is 19.1 Å². The SMILES string of the molecule is CO[C@H](CC/C=C(\C)C(=O)NO)[C@H](O)c1ccc(OCCO[Si](CCC(F)(F)C(F)(F)C(F)(F)C(F)(F)C(F)(F)C(F)(F)C(F)(F)C(F)(F)F)(C(C)C)C(C)C)cc1. The summed E-state index contributed by atoms with van der Waals surface area (Å²) in [6.45, 7) is 5.80. The molecule has 2 atom stereocenters. The lowest BCUT2D eigenvalue weighted by Crippen LogP contribution is -2.74. The van der Waals surface area contributed by atoms with Crippen molar-refractivity contribution in [2.24, 2.45) is 0 Å². The van der Waals surface area contributed by atoms with Crippen molar-refractivity contribution < 1.29 is 104 Å². The van der Waals surface area contributed by atoms with E-state index in [0.717, 1.165) is 0 Å². The number of hydrogen-bond acceptors (Lipinski definition) is 6. The number of alkyl halides is 17. The maximum absolute atomic E-state index is 14.9. The van der Waals surface area contributed by atoms with Crippen LogP contribution in [0.25, 0.3) is 0 Å². The van der Waals surface area contributed by atoms with Crippen LogP contribution >= 0.6 is 0 Å². The first-order valence-corrected chi connectivity index (χ1v) is 19.2. The topological polar surface area (TPSA) is 97.3 Å². The van der Waals surface area contributed by atoms with Crippen LogP contribution in [0.2, 0.25) is 17.1 Å². The Bertz CT molecular complexity index is 1510. The number of aliphatic hydroxyl groups is 1. The summed E-state index contributed by atoms with van der Waals surface area (Å²) in [5.74, 6) is -57.3. The van der Waals surface area contributed by atoms with Crippen LogP contribution in [0.4, 0.5) is 74.6 Å². The summed E-state index contributed by atoms with van der Waals surface area (Å²) in [7, 11) is -2.64. The number of carbonyl (C=O) groups is 1. The van der Waals surface area contributed by atoms with Gasteiger partial charge in [0.25, 0.3) is 5.91 Å². The maximum Gasteiger partial charge on any atom is 0.460 e. The number of aliphatic hydroxyl groups excluding tert-OH is 1. The Kier molecular flexibility index (Phi) is 17.2. The molecule has 0 aliphatic heterocycles. The summed E-state index contributed by atoms with van der Waals surface area (Å²) in [4.78, 5) is 11.4. The zero-order valence-electron chi connectivity index (χ0n) is 31.4. The molecule has 3 N–H and O–H groups in total. The molecule has 0 aliphatic rings. The highest BCUT2D eigenvalue weighted by Crippen LogP contribution is 2.64. The molecular weight excluding hydrogens is 857 g/mol. The molecule has 58 heavy (non-hydrogen) atoms. The van der Waals surface area contributed by atoms with E-state index >= 15 is 0 Å². The van der Waals surface area contributed by atoms with Crippen molar-refractivity contribution in [2.75, 3.05) is 20.3 Å². The van der Waals surface area contributed by atoms with Gasteiger partial charge >= 0.3 is 47.6 Å². The summed E-state index contributed by atoms with van der Waals surface area (Å²) in [5, 5.41) is 19.4. The molecule has 0 unspecified atom stereocenters. The molecule has 0 bridgehead atoms. The van der Waals surface area contributed by atoms with Crippen molar-refractivity contribution in [3.63, 3.8) is 0 Å². The first-order valence-electron chi connectivity index (χ1n) is 16.9. The number of benzene rings is 1. The Morgan fingerprint density at radius 2 is 1.19 bits per heavy atom. The third kappa shape index (κ3) is 10.2. The maximum atomic E-state index is 14.9. The van der Waals surface area contributed by atoms with Crippen molar-refractivity contribution in [1.29, 1.82) is 0 Å². The molecule has 7 nitrogen and oxygen atoms in total. The van der Waals surface area contributed by atoms with Crippen molar-refractivity contribution >= 4 is 14.2 Å². The molecule has 0 spiro atoms. The fourth-order valence-electron chi connectivity index (χ4n) is 5.77. The number of halogens is 17. The van der Waals surface area contributed by atoms with E-state index in [1.807, 2.05) is 0 Å². The third-order valence-corrected chi connectivity index (χ3v) is 15.2. The van der Waals surface area contributed by atoms with Gasteiger partial charge in [0.2, 0.25) is 0 Å². The molecule has 1 aromatic rings. The largest absolute Gasteiger partial charge is 0.491 e. The number of hydroxylamine groups is 1. The highest BCUT2D eigenvalue weighted by Gasteiger charge is 2.95. The van der Waals surface area contributed by atoms with E-state index in [-0.39, 0.29) is 24.2 Å². The van der Waals surface area contributed by atoms with E-state index < -0.39 is 111 Å². The van der Waals surface area contributed by atoms with Gasteiger partial charge < -0.3 is 19.0 Å². The number of carbonyl (C=O) groups excluding carboxylic acids is 1. The second-order valence-corrected chi connectivity index (χ2v) is 18.8. The molecule has 0 aliphatic carbocycles. The van der Waals surface area contributed by atoms with E-state index in [1.165, 1.54) is 77.6 Å². The van der Waals surface area contributed by atoms with Crippen molar-refractivity contribution in [3.05, 3.63) is 41.5 Å². The van der Waals surface area contributed by atoms with Crippen LogP contribution in [0.15, 0.2) is 35.9 Å². The van der Waals surface area contributed by atoms with E-state index in [2.05, 4.69) is 0 Å². The lowest BCUT2D eigenvalue weighted by molar-refractivity contribution is -0.461. The molecule has 338 valence electrons. The molecule has 0 aromatic heterocycles. The van der Waals surface area contributed by atoms with Crippen LogP contribution in [0, 0.1) is 0 Å². The monoisotopic (exact) mass is 899 g/mol. The third-order valence-electron chi connectivity index (χ3n) is 9.53. The summed E-state index contributed by atoms with van der Waals surface area (Å²) >= 11 is 0. The molecule has 25 heteroatoms. The van der Waals surface area contributed by atoms with Gasteiger partial charge in [0.05, 0.1) is 12.7 Å². The van der Waals surface area contributed by atoms with Crippen molar-refractivity contribution in [1.82, 2.24) is 5.48 Å². The van der Waals surface area contributed by atoms with Crippen LogP contribution in [-0.4, -0.2) is 98.6 Å². The van der Waals surface area contributed by atoms with Gasteiger partial charge in [0.1, 0.15) is 18.5 Å². The average Bonchev–Trinajstić information content (AvgIpc) is 3.11. The van der Waals surface area contributed by atoms with Gasteiger partial charge in [-0.05, 0) is 54.6 Å². The molecule has 0 radical (unpaired) electrons. The highest BCUT2D eigenvalue weighted by atomic mass is 28.4. The second-order valence-electron chi connectivity index (χ2n) is 13.8. The Hall–Kier alpha value is -2.90. The number of methoxy groups -OCH3 is 1. The van der Waals surface area contributed by atoms with E-state index in [9.17, 15) is 84.5 Å². The minimum Gasteiger partial charge on any atom is -0.491 e. The predicted octanol–water partition coefficient (Wildman–Crippen LogP) is 10.5. The minimum absolute atomic E-state index is 0.133. The van der Waals surface area contributed by atoms with Crippen LogP contribution < -0.4 is 10.2 Å². The Morgan fingerprint density at radius 1 is 0.741 bits per heavy atom. The van der Waals surface area contributed by atoms with Crippen molar-refractivity contribution in [2.45, 2.75) is 131 Å². The minimum atomic E-state index is -8.69. The van der Waals surface area contributed by atoms with E-state index in [1.54, 1.807) is 0 Å². The van der Waals surface area contributed by atoms with Gasteiger partial charge in [-0.25, -0.2) is 5.48 Å². The second kappa shape index (κ2) is 18.8. The van der Waals surface area contributed by atoms with Gasteiger partial charge in [-0.2, -0.15) is 74.6 Å². The first kappa shape index (κ1) is 53.1. The summed E-state index contributed by atoms with van der Waals surface area (Å²) in [5.41, 5.74) is 0.273. The quantitative estimate of drug-likeness (QED) is 0.0253. The normalized spacial score (nSPS) is 15.9. The Balaban J connectivity index is 3.19. The molecular formula is C33H42F17NO6Si. The fourth-order valence-corrected chi connectivity index (χ4v) is 10.2. The van der Waals surface area contributed by atoms with Crippen LogP contribution in [0.1, 0.15) is 65.5 Å². The number of nitrogens with one attached hydrogen (secondary N) is 1. The molecule has 0 saturated carbocycles. The Labute approximate surface area is 322 Å². The summed E-state index contributed by atoms with van der Waals surface area (Å²) in [6, 6.07) is 4.28. The van der Waals surface area contributed by atoms with Crippen LogP contribution in [0.3, 0.4) is 0 Å².